The van der Waals surface area contributed by atoms with Crippen LogP contribution in [-0.4, -0.2) is 15.3 Å². The molecule has 0 spiro atoms. The minimum atomic E-state index is -0.231. The van der Waals surface area contributed by atoms with E-state index in [-0.39, 0.29) is 17.6 Å². The first-order chi connectivity index (χ1) is 11.5. The lowest BCUT2D eigenvalue weighted by atomic mass is 9.90. The molecular weight excluding hydrogens is 305 g/mol. The van der Waals surface area contributed by atoms with Gasteiger partial charge in [-0.2, -0.15) is 0 Å². The molecule has 1 aliphatic heterocycles. The number of pyridine rings is 1. The number of carbonyl (C=O) groups is 1. The second-order valence-electron chi connectivity index (χ2n) is 6.42. The quantitative estimate of drug-likeness (QED) is 0.747. The molecule has 1 aliphatic rings. The van der Waals surface area contributed by atoms with Crippen molar-refractivity contribution in [2.24, 2.45) is 0 Å². The van der Waals surface area contributed by atoms with Gasteiger partial charge in [0.25, 0.3) is 0 Å². The lowest BCUT2D eigenvalue weighted by Crippen LogP contribution is -2.21. The molecule has 1 aromatic carbocycles. The van der Waals surface area contributed by atoms with Crippen molar-refractivity contribution in [3.8, 4) is 0 Å². The van der Waals surface area contributed by atoms with Crippen molar-refractivity contribution in [2.75, 3.05) is 0 Å². The van der Waals surface area contributed by atoms with Gasteiger partial charge in [-0.05, 0) is 48.7 Å². The Kier molecular flexibility index (Phi) is 3.37. The maximum atomic E-state index is 13.7. The first-order valence-electron chi connectivity index (χ1n) is 8.03. The highest BCUT2D eigenvalue weighted by molar-refractivity contribution is 5.78. The number of halogens is 1. The molecule has 0 fully saturated rings. The van der Waals surface area contributed by atoms with E-state index < -0.39 is 0 Å². The molecule has 24 heavy (non-hydrogen) atoms. The fraction of sp³-hybridized carbons (Fsp3) is 0.263. The van der Waals surface area contributed by atoms with Gasteiger partial charge in [-0.25, -0.2) is 9.37 Å². The van der Waals surface area contributed by atoms with Crippen molar-refractivity contribution in [1.82, 2.24) is 14.7 Å². The van der Waals surface area contributed by atoms with Crippen LogP contribution < -0.4 is 5.32 Å². The van der Waals surface area contributed by atoms with Crippen molar-refractivity contribution in [2.45, 2.75) is 32.7 Å². The summed E-state index contributed by atoms with van der Waals surface area (Å²) >= 11 is 0. The first-order valence-corrected chi connectivity index (χ1v) is 8.03. The molecule has 4 rings (SSSR count). The summed E-state index contributed by atoms with van der Waals surface area (Å²) in [7, 11) is 0. The Morgan fingerprint density at radius 2 is 2.08 bits per heavy atom. The van der Waals surface area contributed by atoms with Crippen LogP contribution in [0.2, 0.25) is 0 Å². The number of amides is 1. The van der Waals surface area contributed by atoms with Crippen molar-refractivity contribution < 1.29 is 9.18 Å². The monoisotopic (exact) mass is 323 g/mol. The number of benzene rings is 1. The van der Waals surface area contributed by atoms with Gasteiger partial charge in [-0.1, -0.05) is 12.1 Å². The number of aromatic nitrogens is 2. The number of fused-ring (bicyclic) bond motifs is 3. The maximum absolute atomic E-state index is 13.7. The fourth-order valence-corrected chi connectivity index (χ4v) is 3.41. The molecular formula is C19H18FN3O. The number of imidazole rings is 1. The number of carbonyl (C=O) groups excluding carboxylic acids is 1. The summed E-state index contributed by atoms with van der Waals surface area (Å²) in [6.45, 7) is 4.20. The Bertz CT molecular complexity index is 961. The van der Waals surface area contributed by atoms with Crippen LogP contribution in [0.3, 0.4) is 0 Å². The molecule has 3 heterocycles. The van der Waals surface area contributed by atoms with Crippen LogP contribution in [-0.2, 0) is 11.3 Å². The van der Waals surface area contributed by atoms with E-state index in [4.69, 9.17) is 4.98 Å². The van der Waals surface area contributed by atoms with Crippen molar-refractivity contribution in [3.05, 3.63) is 70.4 Å². The molecule has 4 nitrogen and oxygen atoms in total. The molecule has 5 heteroatoms. The van der Waals surface area contributed by atoms with E-state index in [1.165, 1.54) is 6.07 Å². The number of hydrogen-bond acceptors (Lipinski definition) is 2. The molecule has 0 saturated heterocycles. The highest BCUT2D eigenvalue weighted by Crippen LogP contribution is 2.34. The van der Waals surface area contributed by atoms with Gasteiger partial charge in [0.15, 0.2) is 0 Å². The van der Waals surface area contributed by atoms with Gasteiger partial charge in [0.1, 0.15) is 11.5 Å². The summed E-state index contributed by atoms with van der Waals surface area (Å²) in [5, 5.41) is 2.91. The lowest BCUT2D eigenvalue weighted by Gasteiger charge is -2.16. The van der Waals surface area contributed by atoms with Gasteiger partial charge >= 0.3 is 0 Å². The number of hydrogen-bond donors (Lipinski definition) is 1. The predicted octanol–water partition coefficient (Wildman–Crippen LogP) is 3.24. The minimum absolute atomic E-state index is 0.0131. The number of rotatable bonds is 1. The van der Waals surface area contributed by atoms with E-state index in [9.17, 15) is 9.18 Å². The smallest absolute Gasteiger partial charge is 0.221 e. The zero-order valence-corrected chi connectivity index (χ0v) is 13.6. The van der Waals surface area contributed by atoms with Crippen LogP contribution in [0.5, 0.6) is 0 Å². The molecule has 0 bridgehead atoms. The zero-order chi connectivity index (χ0) is 16.8. The van der Waals surface area contributed by atoms with E-state index >= 15 is 0 Å². The van der Waals surface area contributed by atoms with Gasteiger partial charge < -0.3 is 9.72 Å². The zero-order valence-electron chi connectivity index (χ0n) is 13.6. The van der Waals surface area contributed by atoms with Crippen LogP contribution in [0.15, 0.2) is 36.5 Å². The second kappa shape index (κ2) is 5.44. The summed E-state index contributed by atoms with van der Waals surface area (Å²) in [6, 6.07) is 9.13. The van der Waals surface area contributed by atoms with Crippen molar-refractivity contribution in [1.29, 1.82) is 0 Å². The Labute approximate surface area is 139 Å². The van der Waals surface area contributed by atoms with Gasteiger partial charge in [0.2, 0.25) is 5.91 Å². The summed E-state index contributed by atoms with van der Waals surface area (Å²) in [6.07, 6.45) is 2.33. The van der Waals surface area contributed by atoms with E-state index in [1.807, 2.05) is 35.7 Å². The summed E-state index contributed by atoms with van der Waals surface area (Å²) in [4.78, 5) is 16.9. The Morgan fingerprint density at radius 1 is 1.25 bits per heavy atom. The maximum Gasteiger partial charge on any atom is 0.221 e. The molecule has 1 unspecified atom stereocenters. The molecule has 0 radical (unpaired) electrons. The molecule has 0 saturated carbocycles. The van der Waals surface area contributed by atoms with Crippen LogP contribution in [0, 0.1) is 19.7 Å². The van der Waals surface area contributed by atoms with Gasteiger partial charge in [0, 0.05) is 18.5 Å². The third-order valence-electron chi connectivity index (χ3n) is 4.65. The van der Waals surface area contributed by atoms with E-state index in [0.29, 0.717) is 18.5 Å². The molecule has 1 N–H and O–H groups in total. The van der Waals surface area contributed by atoms with E-state index in [0.717, 1.165) is 28.2 Å². The first kappa shape index (κ1) is 14.9. The molecule has 0 aliphatic carbocycles. The van der Waals surface area contributed by atoms with Crippen molar-refractivity contribution >= 4 is 11.6 Å². The van der Waals surface area contributed by atoms with Crippen LogP contribution >= 0.6 is 0 Å². The SMILES string of the molecule is Cc1ccn2c3c(nc2c1)CNC(=O)CC3c1ccc(F)c(C)c1. The van der Waals surface area contributed by atoms with Gasteiger partial charge in [0.05, 0.1) is 17.9 Å². The van der Waals surface area contributed by atoms with Crippen molar-refractivity contribution in [3.63, 3.8) is 0 Å². The summed E-state index contributed by atoms with van der Waals surface area (Å²) < 4.78 is 15.7. The highest BCUT2D eigenvalue weighted by atomic mass is 19.1. The van der Waals surface area contributed by atoms with Gasteiger partial charge in [-0.3, -0.25) is 4.79 Å². The fourth-order valence-electron chi connectivity index (χ4n) is 3.41. The topological polar surface area (TPSA) is 46.4 Å². The number of nitrogens with zero attached hydrogens (tertiary/aromatic N) is 2. The number of nitrogens with one attached hydrogen (secondary N) is 1. The summed E-state index contributed by atoms with van der Waals surface area (Å²) in [5.74, 6) is -0.383. The Balaban J connectivity index is 1.94. The van der Waals surface area contributed by atoms with Crippen LogP contribution in [0.25, 0.3) is 5.65 Å². The highest BCUT2D eigenvalue weighted by Gasteiger charge is 2.29. The van der Waals surface area contributed by atoms with Gasteiger partial charge in [-0.15, -0.1) is 0 Å². The molecule has 1 atom stereocenters. The second-order valence-corrected chi connectivity index (χ2v) is 6.42. The number of aryl methyl sites for hydroxylation is 2. The standard InChI is InChI=1S/C19H18FN3O/c1-11-5-6-23-17(7-11)22-16-10-21-18(24)9-14(19(16)23)13-3-4-15(20)12(2)8-13/h3-8,14H,9-10H2,1-2H3,(H,21,24). The predicted molar refractivity (Wildman–Crippen MR) is 89.4 cm³/mol. The van der Waals surface area contributed by atoms with E-state index in [2.05, 4.69) is 5.32 Å². The third-order valence-corrected chi connectivity index (χ3v) is 4.65. The molecule has 122 valence electrons. The van der Waals surface area contributed by atoms with E-state index in [1.54, 1.807) is 13.0 Å². The summed E-state index contributed by atoms with van der Waals surface area (Å²) in [5.41, 5.74) is 5.42. The average molecular weight is 323 g/mol. The average Bonchev–Trinajstić information content (AvgIpc) is 2.82. The third kappa shape index (κ3) is 2.37. The normalized spacial score (nSPS) is 17.5. The lowest BCUT2D eigenvalue weighted by molar-refractivity contribution is -0.121. The largest absolute Gasteiger partial charge is 0.350 e. The minimum Gasteiger partial charge on any atom is -0.350 e. The molecule has 2 aromatic heterocycles. The Morgan fingerprint density at radius 3 is 2.88 bits per heavy atom. The molecule has 3 aromatic rings. The molecule has 1 amide bonds. The van der Waals surface area contributed by atoms with Crippen LogP contribution in [0.4, 0.5) is 4.39 Å². The Hall–Kier alpha value is -2.69. The van der Waals surface area contributed by atoms with Crippen LogP contribution in [0.1, 0.15) is 40.4 Å².